The average molecular weight is 269 g/mol. The minimum atomic E-state index is -0.874. The number of aromatic carboxylic acids is 1. The van der Waals surface area contributed by atoms with Gasteiger partial charge in [0.25, 0.3) is 0 Å². The Kier molecular flexibility index (Phi) is 3.49. The van der Waals surface area contributed by atoms with E-state index < -0.39 is 5.97 Å². The van der Waals surface area contributed by atoms with Crippen molar-refractivity contribution in [1.29, 1.82) is 0 Å². The van der Waals surface area contributed by atoms with E-state index in [4.69, 9.17) is 5.11 Å². The number of hydrogen-bond donors (Lipinski definition) is 1. The van der Waals surface area contributed by atoms with Crippen molar-refractivity contribution in [1.82, 2.24) is 14.8 Å². The first-order chi connectivity index (χ1) is 8.08. The number of thioether (sulfide) groups is 1. The summed E-state index contributed by atoms with van der Waals surface area (Å²) >= 11 is 2.85. The molecule has 2 aromatic rings. The van der Waals surface area contributed by atoms with Crippen molar-refractivity contribution in [2.24, 2.45) is 7.05 Å². The van der Waals surface area contributed by atoms with Crippen LogP contribution < -0.4 is 0 Å². The maximum atomic E-state index is 10.7. The van der Waals surface area contributed by atoms with Gasteiger partial charge in [-0.05, 0) is 19.1 Å². The molecule has 17 heavy (non-hydrogen) atoms. The molecule has 0 aliphatic rings. The molecular formula is C10H11N3O2S2. The molecule has 2 heterocycles. The third-order valence-corrected chi connectivity index (χ3v) is 4.59. The van der Waals surface area contributed by atoms with Crippen LogP contribution in [-0.2, 0) is 12.8 Å². The zero-order valence-corrected chi connectivity index (χ0v) is 11.0. The molecule has 2 aromatic heterocycles. The lowest BCUT2D eigenvalue weighted by molar-refractivity contribution is 0.0702. The van der Waals surface area contributed by atoms with E-state index in [1.54, 1.807) is 17.8 Å². The SMILES string of the molecule is Cc1nnc(SCc2ccc(C(=O)O)s2)n1C. The van der Waals surface area contributed by atoms with E-state index in [1.165, 1.54) is 11.3 Å². The zero-order chi connectivity index (χ0) is 12.4. The predicted octanol–water partition coefficient (Wildman–Crippen LogP) is 2.18. The van der Waals surface area contributed by atoms with Crippen molar-refractivity contribution in [3.8, 4) is 0 Å². The molecule has 5 nitrogen and oxygen atoms in total. The number of aromatic nitrogens is 3. The van der Waals surface area contributed by atoms with Crippen LogP contribution >= 0.6 is 23.1 Å². The van der Waals surface area contributed by atoms with Gasteiger partial charge in [-0.25, -0.2) is 4.79 Å². The Bertz CT molecular complexity index is 547. The first-order valence-electron chi connectivity index (χ1n) is 4.88. The fraction of sp³-hybridized carbons (Fsp3) is 0.300. The third-order valence-electron chi connectivity index (χ3n) is 2.27. The highest BCUT2D eigenvalue weighted by molar-refractivity contribution is 7.98. The molecule has 0 radical (unpaired) electrons. The van der Waals surface area contributed by atoms with E-state index in [1.807, 2.05) is 24.6 Å². The first kappa shape index (κ1) is 12.1. The Hall–Kier alpha value is -1.34. The second kappa shape index (κ2) is 4.89. The number of rotatable bonds is 4. The molecule has 0 aliphatic carbocycles. The Morgan fingerprint density at radius 1 is 1.53 bits per heavy atom. The molecule has 0 spiro atoms. The molecule has 0 fully saturated rings. The van der Waals surface area contributed by atoms with Crippen LogP contribution in [0.3, 0.4) is 0 Å². The fourth-order valence-electron chi connectivity index (χ4n) is 1.22. The van der Waals surface area contributed by atoms with Gasteiger partial charge in [0.1, 0.15) is 10.7 Å². The van der Waals surface area contributed by atoms with Gasteiger partial charge in [0.05, 0.1) is 0 Å². The molecular weight excluding hydrogens is 258 g/mol. The van der Waals surface area contributed by atoms with Crippen LogP contribution in [0.15, 0.2) is 17.3 Å². The topological polar surface area (TPSA) is 68.0 Å². The highest BCUT2D eigenvalue weighted by Gasteiger charge is 2.09. The van der Waals surface area contributed by atoms with E-state index in [2.05, 4.69) is 10.2 Å². The van der Waals surface area contributed by atoms with E-state index in [0.29, 0.717) is 10.6 Å². The number of thiophene rings is 1. The van der Waals surface area contributed by atoms with Crippen molar-refractivity contribution in [2.75, 3.05) is 0 Å². The largest absolute Gasteiger partial charge is 0.477 e. The van der Waals surface area contributed by atoms with Crippen LogP contribution in [0.25, 0.3) is 0 Å². The second-order valence-corrected chi connectivity index (χ2v) is 5.56. The normalized spacial score (nSPS) is 10.7. The van der Waals surface area contributed by atoms with Crippen molar-refractivity contribution in [3.05, 3.63) is 27.7 Å². The summed E-state index contributed by atoms with van der Waals surface area (Å²) in [6.45, 7) is 1.89. The van der Waals surface area contributed by atoms with Gasteiger partial charge < -0.3 is 9.67 Å². The van der Waals surface area contributed by atoms with Crippen molar-refractivity contribution >= 4 is 29.1 Å². The van der Waals surface area contributed by atoms with Crippen LogP contribution in [0.4, 0.5) is 0 Å². The van der Waals surface area contributed by atoms with Crippen molar-refractivity contribution in [3.63, 3.8) is 0 Å². The van der Waals surface area contributed by atoms with Crippen molar-refractivity contribution in [2.45, 2.75) is 17.8 Å². The third kappa shape index (κ3) is 2.67. The van der Waals surface area contributed by atoms with Crippen LogP contribution in [-0.4, -0.2) is 25.8 Å². The van der Waals surface area contributed by atoms with E-state index in [-0.39, 0.29) is 0 Å². The highest BCUT2D eigenvalue weighted by atomic mass is 32.2. The van der Waals surface area contributed by atoms with E-state index in [9.17, 15) is 4.79 Å². The molecule has 0 aromatic carbocycles. The summed E-state index contributed by atoms with van der Waals surface area (Å²) in [7, 11) is 1.91. The number of carboxylic acid groups (broad SMARTS) is 1. The summed E-state index contributed by atoms with van der Waals surface area (Å²) in [5, 5.41) is 17.6. The van der Waals surface area contributed by atoms with E-state index in [0.717, 1.165) is 15.9 Å². The van der Waals surface area contributed by atoms with Gasteiger partial charge in [0.2, 0.25) is 0 Å². The molecule has 7 heteroatoms. The molecule has 0 atom stereocenters. The molecule has 0 saturated carbocycles. The fourth-order valence-corrected chi connectivity index (χ4v) is 3.07. The molecule has 0 unspecified atom stereocenters. The van der Waals surface area contributed by atoms with Gasteiger partial charge in [0.15, 0.2) is 5.16 Å². The minimum absolute atomic E-state index is 0.370. The summed E-state index contributed by atoms with van der Waals surface area (Å²) < 4.78 is 1.91. The summed E-state index contributed by atoms with van der Waals surface area (Å²) in [4.78, 5) is 12.1. The molecule has 90 valence electrons. The average Bonchev–Trinajstić information content (AvgIpc) is 2.86. The number of nitrogens with zero attached hydrogens (tertiary/aromatic N) is 3. The number of aryl methyl sites for hydroxylation is 1. The first-order valence-corrected chi connectivity index (χ1v) is 6.69. The number of hydrogen-bond acceptors (Lipinski definition) is 5. The van der Waals surface area contributed by atoms with E-state index >= 15 is 0 Å². The lowest BCUT2D eigenvalue weighted by atomic mass is 10.4. The predicted molar refractivity (Wildman–Crippen MR) is 66.6 cm³/mol. The van der Waals surface area contributed by atoms with Gasteiger partial charge in [-0.3, -0.25) is 0 Å². The monoisotopic (exact) mass is 269 g/mol. The van der Waals surface area contributed by atoms with Crippen molar-refractivity contribution < 1.29 is 9.90 Å². The highest BCUT2D eigenvalue weighted by Crippen LogP contribution is 2.25. The standard InChI is InChI=1S/C10H11N3O2S2/c1-6-11-12-10(13(6)2)16-5-7-3-4-8(17-7)9(14)15/h3-4H,5H2,1-2H3,(H,14,15). The molecule has 1 N–H and O–H groups in total. The quantitative estimate of drug-likeness (QED) is 0.862. The number of carbonyl (C=O) groups is 1. The second-order valence-electron chi connectivity index (χ2n) is 3.45. The Morgan fingerprint density at radius 3 is 2.82 bits per heavy atom. The molecule has 0 aliphatic heterocycles. The lowest BCUT2D eigenvalue weighted by Gasteiger charge is -1.99. The maximum absolute atomic E-state index is 10.7. The van der Waals surface area contributed by atoms with Gasteiger partial charge in [-0.2, -0.15) is 0 Å². The van der Waals surface area contributed by atoms with Gasteiger partial charge in [-0.1, -0.05) is 11.8 Å². The Labute approximate surface area is 106 Å². The summed E-state index contributed by atoms with van der Waals surface area (Å²) in [5.41, 5.74) is 0. The van der Waals surface area contributed by atoms with Crippen LogP contribution in [0, 0.1) is 6.92 Å². The van der Waals surface area contributed by atoms with Crippen LogP contribution in [0.2, 0.25) is 0 Å². The molecule has 2 rings (SSSR count). The van der Waals surface area contributed by atoms with Gasteiger partial charge in [-0.15, -0.1) is 21.5 Å². The maximum Gasteiger partial charge on any atom is 0.345 e. The van der Waals surface area contributed by atoms with Crippen LogP contribution in [0.5, 0.6) is 0 Å². The van der Waals surface area contributed by atoms with Gasteiger partial charge >= 0.3 is 5.97 Å². The number of carboxylic acids is 1. The summed E-state index contributed by atoms with van der Waals surface area (Å²) in [6.07, 6.45) is 0. The lowest BCUT2D eigenvalue weighted by Crippen LogP contribution is -1.93. The molecule has 0 bridgehead atoms. The Balaban J connectivity index is 2.02. The van der Waals surface area contributed by atoms with Gasteiger partial charge in [0, 0.05) is 17.7 Å². The smallest absolute Gasteiger partial charge is 0.345 e. The molecule has 0 saturated heterocycles. The Morgan fingerprint density at radius 2 is 2.29 bits per heavy atom. The molecule has 0 amide bonds. The summed E-state index contributed by atoms with van der Waals surface area (Å²) in [6, 6.07) is 3.47. The zero-order valence-electron chi connectivity index (χ0n) is 9.38. The summed E-state index contributed by atoms with van der Waals surface area (Å²) in [5.74, 6) is 0.704. The minimum Gasteiger partial charge on any atom is -0.477 e. The van der Waals surface area contributed by atoms with Crippen LogP contribution in [0.1, 0.15) is 20.4 Å².